The Bertz CT molecular complexity index is 682. The molecule has 0 unspecified atom stereocenters. The molecule has 2 aromatic rings. The van der Waals surface area contributed by atoms with E-state index in [4.69, 9.17) is 4.74 Å². The van der Waals surface area contributed by atoms with E-state index in [0.717, 1.165) is 11.1 Å². The molecule has 1 amide bonds. The van der Waals surface area contributed by atoms with E-state index < -0.39 is 12.0 Å². The predicted octanol–water partition coefficient (Wildman–Crippen LogP) is 3.42. The zero-order chi connectivity index (χ0) is 16.8. The third kappa shape index (κ3) is 4.68. The van der Waals surface area contributed by atoms with Crippen LogP contribution in [-0.4, -0.2) is 17.9 Å². The van der Waals surface area contributed by atoms with Crippen LogP contribution in [0.2, 0.25) is 0 Å². The number of aryl methyl sites for hydroxylation is 1. The van der Waals surface area contributed by atoms with Crippen molar-refractivity contribution in [3.05, 3.63) is 71.3 Å². The number of rotatable bonds is 5. The van der Waals surface area contributed by atoms with Crippen LogP contribution in [0.3, 0.4) is 0 Å². The molecule has 0 aliphatic heterocycles. The molecule has 1 N–H and O–H groups in total. The molecule has 23 heavy (non-hydrogen) atoms. The molecule has 0 spiro atoms. The fraction of sp³-hybridized carbons (Fsp3) is 0.263. The van der Waals surface area contributed by atoms with Crippen LogP contribution >= 0.6 is 0 Å². The van der Waals surface area contributed by atoms with E-state index in [2.05, 4.69) is 5.32 Å². The lowest BCUT2D eigenvalue weighted by Crippen LogP contribution is -2.39. The Hall–Kier alpha value is -2.62. The summed E-state index contributed by atoms with van der Waals surface area (Å²) in [6.45, 7) is 5.34. The minimum Gasteiger partial charge on any atom is -0.456 e. The van der Waals surface area contributed by atoms with Gasteiger partial charge >= 0.3 is 5.97 Å². The van der Waals surface area contributed by atoms with Crippen molar-refractivity contribution in [3.63, 3.8) is 0 Å². The van der Waals surface area contributed by atoms with Crippen molar-refractivity contribution in [2.24, 2.45) is 0 Å². The summed E-state index contributed by atoms with van der Waals surface area (Å²) in [6, 6.07) is 16.0. The van der Waals surface area contributed by atoms with Gasteiger partial charge in [-0.2, -0.15) is 0 Å². The van der Waals surface area contributed by atoms with Gasteiger partial charge in [0.1, 0.15) is 12.1 Å². The van der Waals surface area contributed by atoms with E-state index in [1.807, 2.05) is 56.3 Å². The molecule has 2 atom stereocenters. The number of ether oxygens (including phenoxy) is 1. The molecule has 0 saturated carbocycles. The Morgan fingerprint density at radius 3 is 2.35 bits per heavy atom. The Balaban J connectivity index is 1.93. The fourth-order valence-corrected chi connectivity index (χ4v) is 2.19. The van der Waals surface area contributed by atoms with E-state index in [1.165, 1.54) is 0 Å². The average Bonchev–Trinajstić information content (AvgIpc) is 2.55. The molecule has 0 aliphatic rings. The molecule has 4 heteroatoms. The summed E-state index contributed by atoms with van der Waals surface area (Å²) < 4.78 is 5.41. The molecule has 0 radical (unpaired) electrons. The van der Waals surface area contributed by atoms with Crippen molar-refractivity contribution in [1.29, 1.82) is 0 Å². The molecule has 0 bridgehead atoms. The van der Waals surface area contributed by atoms with Gasteiger partial charge in [-0.15, -0.1) is 0 Å². The number of hydrogen-bond donors (Lipinski definition) is 1. The lowest BCUT2D eigenvalue weighted by molar-refractivity contribution is -0.150. The van der Waals surface area contributed by atoms with Gasteiger partial charge in [-0.1, -0.05) is 48.0 Å². The molecule has 4 nitrogen and oxygen atoms in total. The zero-order valence-electron chi connectivity index (χ0n) is 13.6. The number of nitrogens with one attached hydrogen (secondary N) is 1. The second-order valence-corrected chi connectivity index (χ2v) is 5.55. The summed E-state index contributed by atoms with van der Waals surface area (Å²) in [4.78, 5) is 24.3. The van der Waals surface area contributed by atoms with Gasteiger partial charge in [0.15, 0.2) is 0 Å². The maximum Gasteiger partial charge on any atom is 0.328 e. The standard InChI is InChI=1S/C19H21NO3/c1-13-8-7-11-17(12-13)18(21)20-14(2)19(22)23-15(3)16-9-5-4-6-10-16/h4-12,14-15H,1-3H3,(H,20,21)/t14-,15+/m0/s1. The van der Waals surface area contributed by atoms with E-state index in [1.54, 1.807) is 19.1 Å². The third-order valence-corrected chi connectivity index (χ3v) is 3.54. The molecule has 2 rings (SSSR count). The SMILES string of the molecule is Cc1cccc(C(=O)N[C@@H](C)C(=O)O[C@H](C)c2ccccc2)c1. The first kappa shape index (κ1) is 16.7. The second kappa shape index (κ2) is 7.58. The molecule has 0 aliphatic carbocycles. The van der Waals surface area contributed by atoms with Crippen molar-refractivity contribution in [3.8, 4) is 0 Å². The van der Waals surface area contributed by atoms with Crippen LogP contribution in [0.1, 0.15) is 41.4 Å². The molecule has 0 saturated heterocycles. The van der Waals surface area contributed by atoms with Crippen LogP contribution in [0.5, 0.6) is 0 Å². The topological polar surface area (TPSA) is 55.4 Å². The Morgan fingerprint density at radius 2 is 1.70 bits per heavy atom. The van der Waals surface area contributed by atoms with E-state index in [-0.39, 0.29) is 12.0 Å². The number of benzene rings is 2. The predicted molar refractivity (Wildman–Crippen MR) is 89.1 cm³/mol. The first-order valence-electron chi connectivity index (χ1n) is 7.60. The lowest BCUT2D eigenvalue weighted by atomic mass is 10.1. The molecule has 0 aromatic heterocycles. The number of carbonyl (C=O) groups is 2. The maximum absolute atomic E-state index is 12.1. The van der Waals surface area contributed by atoms with Crippen LogP contribution in [0.15, 0.2) is 54.6 Å². The summed E-state index contributed by atoms with van der Waals surface area (Å²) in [7, 11) is 0. The summed E-state index contributed by atoms with van der Waals surface area (Å²) in [5, 5.41) is 2.67. The van der Waals surface area contributed by atoms with Crippen LogP contribution < -0.4 is 5.32 Å². The van der Waals surface area contributed by atoms with Crippen molar-refractivity contribution in [1.82, 2.24) is 5.32 Å². The Morgan fingerprint density at radius 1 is 1.00 bits per heavy atom. The van der Waals surface area contributed by atoms with E-state index in [9.17, 15) is 9.59 Å². The van der Waals surface area contributed by atoms with Gasteiger partial charge in [0, 0.05) is 5.56 Å². The highest BCUT2D eigenvalue weighted by atomic mass is 16.5. The molecule has 0 fully saturated rings. The first-order valence-corrected chi connectivity index (χ1v) is 7.60. The quantitative estimate of drug-likeness (QED) is 0.861. The van der Waals surface area contributed by atoms with Crippen molar-refractivity contribution < 1.29 is 14.3 Å². The Labute approximate surface area is 136 Å². The van der Waals surface area contributed by atoms with Crippen molar-refractivity contribution in [2.45, 2.75) is 32.9 Å². The maximum atomic E-state index is 12.1. The minimum absolute atomic E-state index is 0.287. The van der Waals surface area contributed by atoms with Gasteiger partial charge in [0.05, 0.1) is 0 Å². The second-order valence-electron chi connectivity index (χ2n) is 5.55. The molecule has 2 aromatic carbocycles. The van der Waals surface area contributed by atoms with Gasteiger partial charge in [0.2, 0.25) is 0 Å². The first-order chi connectivity index (χ1) is 11.0. The monoisotopic (exact) mass is 311 g/mol. The van der Waals surface area contributed by atoms with Crippen LogP contribution in [-0.2, 0) is 9.53 Å². The number of carbonyl (C=O) groups excluding carboxylic acids is 2. The normalized spacial score (nSPS) is 13.0. The van der Waals surface area contributed by atoms with Gasteiger partial charge in [0.25, 0.3) is 5.91 Å². The smallest absolute Gasteiger partial charge is 0.328 e. The summed E-state index contributed by atoms with van der Waals surface area (Å²) in [6.07, 6.45) is -0.359. The largest absolute Gasteiger partial charge is 0.456 e. The summed E-state index contributed by atoms with van der Waals surface area (Å²) >= 11 is 0. The number of esters is 1. The zero-order valence-corrected chi connectivity index (χ0v) is 13.6. The molecular weight excluding hydrogens is 290 g/mol. The van der Waals surface area contributed by atoms with Crippen LogP contribution in [0.4, 0.5) is 0 Å². The van der Waals surface area contributed by atoms with Crippen molar-refractivity contribution >= 4 is 11.9 Å². The van der Waals surface area contributed by atoms with Crippen LogP contribution in [0, 0.1) is 6.92 Å². The number of hydrogen-bond acceptors (Lipinski definition) is 3. The highest BCUT2D eigenvalue weighted by molar-refractivity contribution is 5.96. The van der Waals surface area contributed by atoms with E-state index in [0.29, 0.717) is 5.56 Å². The lowest BCUT2D eigenvalue weighted by Gasteiger charge is -2.18. The van der Waals surface area contributed by atoms with Gasteiger partial charge < -0.3 is 10.1 Å². The summed E-state index contributed by atoms with van der Waals surface area (Å²) in [5.74, 6) is -0.743. The van der Waals surface area contributed by atoms with E-state index >= 15 is 0 Å². The summed E-state index contributed by atoms with van der Waals surface area (Å²) in [5.41, 5.74) is 2.43. The molecule has 0 heterocycles. The van der Waals surface area contributed by atoms with Gasteiger partial charge in [-0.05, 0) is 38.5 Å². The minimum atomic E-state index is -0.714. The fourth-order valence-electron chi connectivity index (χ4n) is 2.19. The van der Waals surface area contributed by atoms with Crippen molar-refractivity contribution in [2.75, 3.05) is 0 Å². The Kier molecular flexibility index (Phi) is 5.52. The van der Waals surface area contributed by atoms with Crippen LogP contribution in [0.25, 0.3) is 0 Å². The molecular formula is C19H21NO3. The third-order valence-electron chi connectivity index (χ3n) is 3.54. The average molecular weight is 311 g/mol. The van der Waals surface area contributed by atoms with Gasteiger partial charge in [-0.25, -0.2) is 4.79 Å². The highest BCUT2D eigenvalue weighted by Gasteiger charge is 2.20. The van der Waals surface area contributed by atoms with Gasteiger partial charge in [-0.3, -0.25) is 4.79 Å². The number of amides is 1. The highest BCUT2D eigenvalue weighted by Crippen LogP contribution is 2.16. The molecule has 120 valence electrons.